The van der Waals surface area contributed by atoms with Gasteiger partial charge >= 0.3 is 0 Å². The fourth-order valence-corrected chi connectivity index (χ4v) is 2.77. The smallest absolute Gasteiger partial charge is 0.193 e. The Morgan fingerprint density at radius 3 is 2.43 bits per heavy atom. The molecule has 0 amide bonds. The predicted octanol–water partition coefficient (Wildman–Crippen LogP) is 3.79. The zero-order valence-corrected chi connectivity index (χ0v) is 14.5. The molecule has 1 aliphatic rings. The van der Waals surface area contributed by atoms with E-state index in [0.29, 0.717) is 19.2 Å². The molecule has 1 aliphatic heterocycles. The van der Waals surface area contributed by atoms with Crippen molar-refractivity contribution >= 4 is 11.6 Å². The standard InChI is InChI=1S/C18H29N3O2/c1-4-18(5-2,6-3)13-20-17(19)21-14-8-9-15-16(12-14)23-11-7-10-22-15/h8-9,12H,4-7,10-11,13H2,1-3H3,(H3,19,20,21). The molecule has 3 N–H and O–H groups in total. The summed E-state index contributed by atoms with van der Waals surface area (Å²) >= 11 is 0. The lowest BCUT2D eigenvalue weighted by atomic mass is 9.80. The van der Waals surface area contributed by atoms with Crippen molar-refractivity contribution in [1.82, 2.24) is 0 Å². The third-order valence-electron chi connectivity index (χ3n) is 4.85. The summed E-state index contributed by atoms with van der Waals surface area (Å²) in [6.45, 7) is 8.77. The number of aliphatic imine (C=N–C) groups is 1. The van der Waals surface area contributed by atoms with Gasteiger partial charge in [0, 0.05) is 24.7 Å². The lowest BCUT2D eigenvalue weighted by Crippen LogP contribution is -2.27. The second-order valence-corrected chi connectivity index (χ2v) is 6.10. The van der Waals surface area contributed by atoms with E-state index < -0.39 is 0 Å². The third kappa shape index (κ3) is 4.53. The summed E-state index contributed by atoms with van der Waals surface area (Å²) in [5.74, 6) is 1.98. The molecule has 0 radical (unpaired) electrons. The summed E-state index contributed by atoms with van der Waals surface area (Å²) in [5, 5.41) is 3.15. The average molecular weight is 319 g/mol. The molecular weight excluding hydrogens is 290 g/mol. The summed E-state index contributed by atoms with van der Waals surface area (Å²) in [7, 11) is 0. The van der Waals surface area contributed by atoms with Gasteiger partial charge in [0.1, 0.15) is 0 Å². The van der Waals surface area contributed by atoms with Gasteiger partial charge < -0.3 is 20.5 Å². The van der Waals surface area contributed by atoms with Crippen LogP contribution < -0.4 is 20.5 Å². The molecule has 23 heavy (non-hydrogen) atoms. The topological polar surface area (TPSA) is 68.9 Å². The molecule has 0 atom stereocenters. The van der Waals surface area contributed by atoms with Gasteiger partial charge in [0.05, 0.1) is 13.2 Å². The van der Waals surface area contributed by atoms with Crippen LogP contribution in [0.2, 0.25) is 0 Å². The maximum absolute atomic E-state index is 6.05. The molecule has 0 aromatic heterocycles. The maximum Gasteiger partial charge on any atom is 0.193 e. The summed E-state index contributed by atoms with van der Waals surface area (Å²) in [6.07, 6.45) is 4.23. The Morgan fingerprint density at radius 2 is 1.78 bits per heavy atom. The molecule has 1 heterocycles. The third-order valence-corrected chi connectivity index (χ3v) is 4.85. The van der Waals surface area contributed by atoms with Crippen molar-refractivity contribution in [3.05, 3.63) is 18.2 Å². The van der Waals surface area contributed by atoms with Gasteiger partial charge in [-0.3, -0.25) is 4.99 Å². The molecule has 5 nitrogen and oxygen atoms in total. The predicted molar refractivity (Wildman–Crippen MR) is 95.5 cm³/mol. The van der Waals surface area contributed by atoms with E-state index >= 15 is 0 Å². The monoisotopic (exact) mass is 319 g/mol. The number of ether oxygens (including phenoxy) is 2. The first-order valence-electron chi connectivity index (χ1n) is 8.59. The molecule has 0 aliphatic carbocycles. The van der Waals surface area contributed by atoms with Gasteiger partial charge in [0.25, 0.3) is 0 Å². The van der Waals surface area contributed by atoms with Crippen molar-refractivity contribution in [2.75, 3.05) is 25.1 Å². The summed E-state index contributed by atoms with van der Waals surface area (Å²) in [4.78, 5) is 4.55. The minimum atomic E-state index is 0.247. The summed E-state index contributed by atoms with van der Waals surface area (Å²) < 4.78 is 11.3. The zero-order valence-electron chi connectivity index (χ0n) is 14.5. The Morgan fingerprint density at radius 1 is 1.13 bits per heavy atom. The van der Waals surface area contributed by atoms with Crippen LogP contribution in [0.5, 0.6) is 11.5 Å². The van der Waals surface area contributed by atoms with E-state index in [1.807, 2.05) is 18.2 Å². The van der Waals surface area contributed by atoms with Crippen LogP contribution in [0, 0.1) is 5.41 Å². The molecule has 0 bridgehead atoms. The van der Waals surface area contributed by atoms with Gasteiger partial charge in [-0.2, -0.15) is 0 Å². The normalized spacial score (nSPS) is 15.2. The number of benzene rings is 1. The van der Waals surface area contributed by atoms with Crippen LogP contribution in [-0.2, 0) is 0 Å². The maximum atomic E-state index is 6.05. The van der Waals surface area contributed by atoms with Gasteiger partial charge in [-0.25, -0.2) is 0 Å². The van der Waals surface area contributed by atoms with Crippen LogP contribution in [0.15, 0.2) is 23.2 Å². The van der Waals surface area contributed by atoms with Crippen molar-refractivity contribution in [1.29, 1.82) is 0 Å². The fourth-order valence-electron chi connectivity index (χ4n) is 2.77. The van der Waals surface area contributed by atoms with Gasteiger partial charge in [-0.15, -0.1) is 0 Å². The first-order chi connectivity index (χ1) is 11.1. The van der Waals surface area contributed by atoms with E-state index in [1.54, 1.807) is 0 Å². The first kappa shape index (κ1) is 17.4. The molecule has 2 rings (SSSR count). The quantitative estimate of drug-likeness (QED) is 0.618. The minimum absolute atomic E-state index is 0.247. The Hall–Kier alpha value is -1.91. The van der Waals surface area contributed by atoms with Gasteiger partial charge in [-0.1, -0.05) is 20.8 Å². The number of rotatable bonds is 6. The van der Waals surface area contributed by atoms with Crippen LogP contribution in [0.4, 0.5) is 5.69 Å². The summed E-state index contributed by atoms with van der Waals surface area (Å²) in [6, 6.07) is 5.75. The fraction of sp³-hybridized carbons (Fsp3) is 0.611. The van der Waals surface area contributed by atoms with E-state index in [1.165, 1.54) is 0 Å². The molecule has 5 heteroatoms. The Labute approximate surface area is 139 Å². The molecule has 0 saturated carbocycles. The second kappa shape index (κ2) is 8.09. The molecule has 1 aromatic rings. The highest BCUT2D eigenvalue weighted by Gasteiger charge is 2.23. The average Bonchev–Trinajstić information content (AvgIpc) is 2.81. The van der Waals surface area contributed by atoms with Crippen LogP contribution in [-0.4, -0.2) is 25.7 Å². The minimum Gasteiger partial charge on any atom is -0.490 e. The lowest BCUT2D eigenvalue weighted by molar-refractivity contribution is 0.263. The Kier molecular flexibility index (Phi) is 6.13. The van der Waals surface area contributed by atoms with Crippen LogP contribution in [0.1, 0.15) is 46.5 Å². The van der Waals surface area contributed by atoms with Gasteiger partial charge in [0.15, 0.2) is 17.5 Å². The SMILES string of the molecule is CCC(CC)(CC)CN=C(N)Nc1ccc2c(c1)OCCCO2. The van der Waals surface area contributed by atoms with Gasteiger partial charge in [0.2, 0.25) is 0 Å². The summed E-state index contributed by atoms with van der Waals surface area (Å²) in [5.41, 5.74) is 7.16. The highest BCUT2D eigenvalue weighted by Crippen LogP contribution is 2.32. The van der Waals surface area contributed by atoms with Gasteiger partial charge in [-0.05, 0) is 36.8 Å². The number of nitrogens with zero attached hydrogens (tertiary/aromatic N) is 1. The van der Waals surface area contributed by atoms with E-state index in [9.17, 15) is 0 Å². The molecule has 0 fully saturated rings. The number of hydrogen-bond acceptors (Lipinski definition) is 3. The molecular formula is C18H29N3O2. The van der Waals surface area contributed by atoms with Crippen molar-refractivity contribution in [2.24, 2.45) is 16.1 Å². The Balaban J connectivity index is 2.03. The van der Waals surface area contributed by atoms with Crippen molar-refractivity contribution in [3.8, 4) is 11.5 Å². The lowest BCUT2D eigenvalue weighted by Gasteiger charge is -2.28. The van der Waals surface area contributed by atoms with Crippen molar-refractivity contribution in [2.45, 2.75) is 46.5 Å². The van der Waals surface area contributed by atoms with Crippen LogP contribution in [0.25, 0.3) is 0 Å². The van der Waals surface area contributed by atoms with E-state index in [4.69, 9.17) is 15.2 Å². The molecule has 1 aromatic carbocycles. The van der Waals surface area contributed by atoms with Crippen molar-refractivity contribution in [3.63, 3.8) is 0 Å². The highest BCUT2D eigenvalue weighted by molar-refractivity contribution is 5.92. The zero-order chi connectivity index (χ0) is 16.7. The van der Waals surface area contributed by atoms with E-state index in [2.05, 4.69) is 31.1 Å². The van der Waals surface area contributed by atoms with Crippen LogP contribution >= 0.6 is 0 Å². The number of guanidine groups is 1. The molecule has 0 saturated heterocycles. The number of nitrogens with one attached hydrogen (secondary N) is 1. The van der Waals surface area contributed by atoms with E-state index in [-0.39, 0.29) is 5.41 Å². The van der Waals surface area contributed by atoms with E-state index in [0.717, 1.165) is 49.4 Å². The molecule has 0 spiro atoms. The molecule has 128 valence electrons. The number of anilines is 1. The number of nitrogens with two attached hydrogens (primary N) is 1. The van der Waals surface area contributed by atoms with Crippen LogP contribution in [0.3, 0.4) is 0 Å². The Bertz CT molecular complexity index is 531. The highest BCUT2D eigenvalue weighted by atomic mass is 16.5. The largest absolute Gasteiger partial charge is 0.490 e. The van der Waals surface area contributed by atoms with Crippen molar-refractivity contribution < 1.29 is 9.47 Å². The second-order valence-electron chi connectivity index (χ2n) is 6.10. The molecule has 0 unspecified atom stereocenters. The number of hydrogen-bond donors (Lipinski definition) is 2. The first-order valence-corrected chi connectivity index (χ1v) is 8.59. The number of fused-ring (bicyclic) bond motifs is 1.